The largest absolute Gasteiger partial charge is 0.373 e. The molecule has 0 radical (unpaired) electrons. The van der Waals surface area contributed by atoms with E-state index >= 15 is 0 Å². The van der Waals surface area contributed by atoms with Gasteiger partial charge in [0.25, 0.3) is 0 Å². The number of hydrogen-bond donors (Lipinski definition) is 1. The summed E-state index contributed by atoms with van der Waals surface area (Å²) in [6, 6.07) is 4.32. The summed E-state index contributed by atoms with van der Waals surface area (Å²) < 4.78 is 5.67. The van der Waals surface area contributed by atoms with Gasteiger partial charge in [0, 0.05) is 25.3 Å². The Bertz CT molecular complexity index is 408. The van der Waals surface area contributed by atoms with Crippen molar-refractivity contribution >= 4 is 5.82 Å². The maximum Gasteiger partial charge on any atom is 0.128 e. The molecule has 0 bridgehead atoms. The van der Waals surface area contributed by atoms with E-state index in [1.807, 2.05) is 13.1 Å². The standard InChI is InChI=1S/C15H25N3O/c1-11(16)13-10-18(7-8-19-13)14-6-5-12(9-17-14)15(2,3)4/h5-6,9,11,13H,7-8,10,16H2,1-4H3. The third-order valence-electron chi connectivity index (χ3n) is 3.62. The molecule has 4 heteroatoms. The first kappa shape index (κ1) is 14.3. The number of nitrogens with two attached hydrogens (primary N) is 1. The summed E-state index contributed by atoms with van der Waals surface area (Å²) in [6.07, 6.45) is 2.07. The molecule has 2 N–H and O–H groups in total. The smallest absolute Gasteiger partial charge is 0.128 e. The fourth-order valence-corrected chi connectivity index (χ4v) is 2.22. The van der Waals surface area contributed by atoms with E-state index in [1.165, 1.54) is 5.56 Å². The van der Waals surface area contributed by atoms with Crippen LogP contribution in [0.25, 0.3) is 0 Å². The highest BCUT2D eigenvalue weighted by molar-refractivity contribution is 5.41. The zero-order valence-corrected chi connectivity index (χ0v) is 12.4. The van der Waals surface area contributed by atoms with Crippen molar-refractivity contribution in [3.8, 4) is 0 Å². The molecular weight excluding hydrogens is 238 g/mol. The minimum atomic E-state index is 0.0525. The summed E-state index contributed by atoms with van der Waals surface area (Å²) in [4.78, 5) is 6.85. The number of anilines is 1. The Labute approximate surface area is 116 Å². The topological polar surface area (TPSA) is 51.4 Å². The maximum atomic E-state index is 5.92. The number of hydrogen-bond acceptors (Lipinski definition) is 4. The van der Waals surface area contributed by atoms with Crippen LogP contribution in [-0.4, -0.2) is 36.8 Å². The van der Waals surface area contributed by atoms with Gasteiger partial charge in [0.1, 0.15) is 5.82 Å². The van der Waals surface area contributed by atoms with Gasteiger partial charge in [0.05, 0.1) is 12.7 Å². The summed E-state index contributed by atoms with van der Waals surface area (Å²) in [6.45, 7) is 11.0. The van der Waals surface area contributed by atoms with Crippen molar-refractivity contribution in [3.05, 3.63) is 23.9 Å². The van der Waals surface area contributed by atoms with Gasteiger partial charge in [-0.3, -0.25) is 0 Å². The van der Waals surface area contributed by atoms with Crippen LogP contribution < -0.4 is 10.6 Å². The third kappa shape index (κ3) is 3.45. The lowest BCUT2D eigenvalue weighted by Crippen LogP contribution is -2.49. The quantitative estimate of drug-likeness (QED) is 0.886. The van der Waals surface area contributed by atoms with Crippen LogP contribution in [0.5, 0.6) is 0 Å². The van der Waals surface area contributed by atoms with Gasteiger partial charge in [-0.15, -0.1) is 0 Å². The zero-order valence-electron chi connectivity index (χ0n) is 12.4. The molecule has 1 aromatic heterocycles. The average molecular weight is 263 g/mol. The predicted octanol–water partition coefficient (Wildman–Crippen LogP) is 1.93. The Kier molecular flexibility index (Phi) is 4.11. The third-order valence-corrected chi connectivity index (χ3v) is 3.62. The summed E-state index contributed by atoms with van der Waals surface area (Å²) in [5.74, 6) is 1.02. The van der Waals surface area contributed by atoms with Gasteiger partial charge in [-0.1, -0.05) is 26.8 Å². The summed E-state index contributed by atoms with van der Waals surface area (Å²) in [5.41, 5.74) is 7.32. The van der Waals surface area contributed by atoms with E-state index in [9.17, 15) is 0 Å². The van der Waals surface area contributed by atoms with E-state index in [4.69, 9.17) is 10.5 Å². The van der Waals surface area contributed by atoms with Crippen molar-refractivity contribution in [3.63, 3.8) is 0 Å². The van der Waals surface area contributed by atoms with Crippen molar-refractivity contribution in [2.75, 3.05) is 24.6 Å². The van der Waals surface area contributed by atoms with Crippen LogP contribution >= 0.6 is 0 Å². The summed E-state index contributed by atoms with van der Waals surface area (Å²) in [7, 11) is 0. The lowest BCUT2D eigenvalue weighted by Gasteiger charge is -2.35. The second-order valence-electron chi connectivity index (χ2n) is 6.37. The first-order chi connectivity index (χ1) is 8.88. The Balaban J connectivity index is 2.10. The molecule has 1 aromatic rings. The zero-order chi connectivity index (χ0) is 14.0. The number of ether oxygens (including phenoxy) is 1. The number of rotatable bonds is 2. The Hall–Kier alpha value is -1.13. The van der Waals surface area contributed by atoms with Gasteiger partial charge in [0.2, 0.25) is 0 Å². The molecule has 1 aliphatic rings. The van der Waals surface area contributed by atoms with Crippen LogP contribution in [0.4, 0.5) is 5.82 Å². The first-order valence-corrected chi connectivity index (χ1v) is 6.96. The highest BCUT2D eigenvalue weighted by atomic mass is 16.5. The Morgan fingerprint density at radius 3 is 2.68 bits per heavy atom. The first-order valence-electron chi connectivity index (χ1n) is 6.96. The van der Waals surface area contributed by atoms with Crippen LogP contribution in [0.3, 0.4) is 0 Å². The number of pyridine rings is 1. The minimum absolute atomic E-state index is 0.0525. The average Bonchev–Trinajstić information content (AvgIpc) is 2.38. The molecule has 0 amide bonds. The summed E-state index contributed by atoms with van der Waals surface area (Å²) >= 11 is 0. The van der Waals surface area contributed by atoms with Crippen LogP contribution in [0.15, 0.2) is 18.3 Å². The molecule has 2 heterocycles. The number of morpholine rings is 1. The lowest BCUT2D eigenvalue weighted by molar-refractivity contribution is 0.0273. The SMILES string of the molecule is CC(N)C1CN(c2ccc(C(C)(C)C)cn2)CCO1. The van der Waals surface area contributed by atoms with Crippen LogP contribution in [-0.2, 0) is 10.2 Å². The molecule has 2 rings (SSSR count). The molecule has 0 spiro atoms. The molecule has 4 nitrogen and oxygen atoms in total. The summed E-state index contributed by atoms with van der Waals surface area (Å²) in [5, 5.41) is 0. The van der Waals surface area contributed by atoms with Crippen molar-refractivity contribution in [1.29, 1.82) is 0 Å². The predicted molar refractivity (Wildman–Crippen MR) is 78.5 cm³/mol. The molecule has 2 atom stereocenters. The van der Waals surface area contributed by atoms with Gasteiger partial charge in [-0.2, -0.15) is 0 Å². The van der Waals surface area contributed by atoms with Gasteiger partial charge in [-0.25, -0.2) is 4.98 Å². The van der Waals surface area contributed by atoms with Gasteiger partial charge in [-0.05, 0) is 24.0 Å². The molecule has 0 aliphatic carbocycles. The van der Waals surface area contributed by atoms with Gasteiger partial charge >= 0.3 is 0 Å². The molecule has 1 saturated heterocycles. The van der Waals surface area contributed by atoms with E-state index in [2.05, 4.69) is 42.8 Å². The fraction of sp³-hybridized carbons (Fsp3) is 0.667. The molecule has 2 unspecified atom stereocenters. The molecule has 0 saturated carbocycles. The highest BCUT2D eigenvalue weighted by Gasteiger charge is 2.24. The van der Waals surface area contributed by atoms with Crippen molar-refractivity contribution in [1.82, 2.24) is 4.98 Å². The Morgan fingerprint density at radius 1 is 1.42 bits per heavy atom. The van der Waals surface area contributed by atoms with Crippen molar-refractivity contribution < 1.29 is 4.74 Å². The number of aromatic nitrogens is 1. The van der Waals surface area contributed by atoms with Crippen molar-refractivity contribution in [2.45, 2.75) is 45.3 Å². The minimum Gasteiger partial charge on any atom is -0.373 e. The lowest BCUT2D eigenvalue weighted by atomic mass is 9.88. The molecular formula is C15H25N3O. The molecule has 1 aliphatic heterocycles. The fourth-order valence-electron chi connectivity index (χ4n) is 2.22. The van der Waals surface area contributed by atoms with E-state index in [-0.39, 0.29) is 17.6 Å². The number of nitrogens with zero attached hydrogens (tertiary/aromatic N) is 2. The molecule has 106 valence electrons. The van der Waals surface area contributed by atoms with E-state index < -0.39 is 0 Å². The van der Waals surface area contributed by atoms with Crippen LogP contribution in [0.1, 0.15) is 33.3 Å². The van der Waals surface area contributed by atoms with E-state index in [0.29, 0.717) is 0 Å². The normalized spacial score (nSPS) is 22.4. The van der Waals surface area contributed by atoms with Crippen LogP contribution in [0.2, 0.25) is 0 Å². The van der Waals surface area contributed by atoms with Crippen molar-refractivity contribution in [2.24, 2.45) is 5.73 Å². The monoisotopic (exact) mass is 263 g/mol. The second-order valence-corrected chi connectivity index (χ2v) is 6.37. The molecule has 0 aromatic carbocycles. The Morgan fingerprint density at radius 2 is 2.16 bits per heavy atom. The molecule has 1 fully saturated rings. The van der Waals surface area contributed by atoms with Gasteiger partial charge in [0.15, 0.2) is 0 Å². The van der Waals surface area contributed by atoms with E-state index in [1.54, 1.807) is 0 Å². The maximum absolute atomic E-state index is 5.92. The van der Waals surface area contributed by atoms with Gasteiger partial charge < -0.3 is 15.4 Å². The molecule has 19 heavy (non-hydrogen) atoms. The van der Waals surface area contributed by atoms with E-state index in [0.717, 1.165) is 25.5 Å². The van der Waals surface area contributed by atoms with Crippen LogP contribution in [0, 0.1) is 0 Å². The second kappa shape index (κ2) is 5.47. The highest BCUT2D eigenvalue weighted by Crippen LogP contribution is 2.23.